The van der Waals surface area contributed by atoms with Crippen LogP contribution in [0.25, 0.3) is 10.9 Å². The first-order chi connectivity index (χ1) is 9.28. The van der Waals surface area contributed by atoms with Crippen LogP contribution in [-0.4, -0.2) is 11.0 Å². The van der Waals surface area contributed by atoms with E-state index in [1.54, 1.807) is 16.7 Å². The van der Waals surface area contributed by atoms with Crippen LogP contribution in [0.2, 0.25) is 5.02 Å². The topological polar surface area (TPSA) is 34.0 Å². The van der Waals surface area contributed by atoms with Crippen LogP contribution < -0.4 is 5.32 Å². The second-order valence-electron chi connectivity index (χ2n) is 4.20. The van der Waals surface area contributed by atoms with Gasteiger partial charge in [-0.25, -0.2) is 0 Å². The van der Waals surface area contributed by atoms with Gasteiger partial charge in [0.25, 0.3) is 0 Å². The molecule has 3 rings (SSSR count). The quantitative estimate of drug-likeness (QED) is 0.728. The molecule has 0 saturated heterocycles. The summed E-state index contributed by atoms with van der Waals surface area (Å²) in [7, 11) is 0. The number of halogens is 1. The Balaban J connectivity index is 2.05. The lowest BCUT2D eigenvalue weighted by Gasteiger charge is -2.06. The first-order valence-corrected chi connectivity index (χ1v) is 6.23. The van der Waals surface area contributed by atoms with Crippen molar-refractivity contribution in [3.8, 4) is 0 Å². The molecule has 0 fully saturated rings. The van der Waals surface area contributed by atoms with E-state index < -0.39 is 0 Å². The fraction of sp³-hybridized carbons (Fsp3) is 0. The van der Waals surface area contributed by atoms with Gasteiger partial charge in [-0.15, -0.1) is 0 Å². The van der Waals surface area contributed by atoms with Crippen molar-refractivity contribution >= 4 is 40.4 Å². The van der Waals surface area contributed by atoms with Crippen molar-refractivity contribution in [1.29, 1.82) is 0 Å². The molecule has 19 heavy (non-hydrogen) atoms. The summed E-state index contributed by atoms with van der Waals surface area (Å²) in [5.41, 5.74) is 1.77. The second-order valence-corrected chi connectivity index (χ2v) is 4.63. The molecule has 0 radical (unpaired) electrons. The minimum atomic E-state index is 0.682. The van der Waals surface area contributed by atoms with E-state index in [0.717, 1.165) is 28.8 Å². The highest BCUT2D eigenvalue weighted by Crippen LogP contribution is 2.25. The number of benzene rings is 2. The van der Waals surface area contributed by atoms with Gasteiger partial charge in [0.15, 0.2) is 0 Å². The van der Waals surface area contributed by atoms with E-state index in [1.165, 1.54) is 0 Å². The molecule has 0 amide bonds. The van der Waals surface area contributed by atoms with Crippen molar-refractivity contribution in [2.24, 2.45) is 0 Å². The van der Waals surface area contributed by atoms with Crippen LogP contribution in [0, 0.1) is 0 Å². The van der Waals surface area contributed by atoms with Crippen molar-refractivity contribution in [3.05, 3.63) is 59.6 Å². The SMILES string of the molecule is O=Cn1c(Nc2ccc(Cl)cc2)cc2ccccc21. The molecule has 2 aromatic carbocycles. The lowest BCUT2D eigenvalue weighted by molar-refractivity contribution is 0.549. The Morgan fingerprint density at radius 2 is 1.79 bits per heavy atom. The van der Waals surface area contributed by atoms with Crippen molar-refractivity contribution in [2.45, 2.75) is 0 Å². The highest BCUT2D eigenvalue weighted by atomic mass is 35.5. The Labute approximate surface area is 115 Å². The van der Waals surface area contributed by atoms with Gasteiger partial charge in [-0.1, -0.05) is 29.8 Å². The van der Waals surface area contributed by atoms with Crippen LogP contribution in [0.5, 0.6) is 0 Å². The molecule has 3 nitrogen and oxygen atoms in total. The third-order valence-electron chi connectivity index (χ3n) is 2.97. The summed E-state index contributed by atoms with van der Waals surface area (Å²) in [6, 6.07) is 17.0. The van der Waals surface area contributed by atoms with Gasteiger partial charge in [0.1, 0.15) is 5.82 Å². The molecule has 0 spiro atoms. The fourth-order valence-corrected chi connectivity index (χ4v) is 2.19. The van der Waals surface area contributed by atoms with Gasteiger partial charge in [-0.3, -0.25) is 9.36 Å². The van der Waals surface area contributed by atoms with Gasteiger partial charge in [0.2, 0.25) is 6.41 Å². The van der Waals surface area contributed by atoms with E-state index in [0.29, 0.717) is 5.02 Å². The average molecular weight is 271 g/mol. The first kappa shape index (κ1) is 11.8. The highest BCUT2D eigenvalue weighted by molar-refractivity contribution is 6.30. The maximum Gasteiger partial charge on any atom is 0.219 e. The molecule has 0 aliphatic heterocycles. The van der Waals surface area contributed by atoms with Crippen molar-refractivity contribution in [3.63, 3.8) is 0 Å². The molecule has 4 heteroatoms. The van der Waals surface area contributed by atoms with Gasteiger partial charge in [-0.05, 0) is 36.4 Å². The van der Waals surface area contributed by atoms with E-state index in [9.17, 15) is 4.79 Å². The second kappa shape index (κ2) is 4.78. The van der Waals surface area contributed by atoms with Crippen LogP contribution in [0.15, 0.2) is 54.6 Å². The fourth-order valence-electron chi connectivity index (χ4n) is 2.07. The molecular weight excluding hydrogens is 260 g/mol. The van der Waals surface area contributed by atoms with Crippen molar-refractivity contribution < 1.29 is 4.79 Å². The minimum absolute atomic E-state index is 0.682. The van der Waals surface area contributed by atoms with Gasteiger partial charge in [0, 0.05) is 16.1 Å². The lowest BCUT2D eigenvalue weighted by Crippen LogP contribution is -2.00. The number of rotatable bonds is 3. The number of para-hydroxylation sites is 1. The Kier molecular flexibility index (Phi) is 2.97. The molecule has 1 heterocycles. The van der Waals surface area contributed by atoms with Crippen molar-refractivity contribution in [2.75, 3.05) is 5.32 Å². The molecule has 0 aliphatic carbocycles. The predicted octanol–water partition coefficient (Wildman–Crippen LogP) is 4.08. The standard InChI is InChI=1S/C15H11ClN2O/c16-12-5-7-13(8-6-12)17-15-9-11-3-1-2-4-14(11)18(15)10-19/h1-10,17H. The van der Waals surface area contributed by atoms with E-state index in [1.807, 2.05) is 42.5 Å². The summed E-state index contributed by atoms with van der Waals surface area (Å²) in [6.45, 7) is 0. The monoisotopic (exact) mass is 270 g/mol. The van der Waals surface area contributed by atoms with Crippen LogP contribution in [0.3, 0.4) is 0 Å². The number of hydrogen-bond acceptors (Lipinski definition) is 2. The van der Waals surface area contributed by atoms with Crippen molar-refractivity contribution in [1.82, 2.24) is 4.57 Å². The van der Waals surface area contributed by atoms with E-state index in [4.69, 9.17) is 11.6 Å². The molecular formula is C15H11ClN2O. The number of anilines is 2. The largest absolute Gasteiger partial charge is 0.341 e. The zero-order valence-electron chi connectivity index (χ0n) is 10.0. The summed E-state index contributed by atoms with van der Waals surface area (Å²) in [5, 5.41) is 4.91. The predicted molar refractivity (Wildman–Crippen MR) is 78.8 cm³/mol. The number of fused-ring (bicyclic) bond motifs is 1. The summed E-state index contributed by atoms with van der Waals surface area (Å²) in [6.07, 6.45) is 0.806. The lowest BCUT2D eigenvalue weighted by atomic mass is 10.2. The van der Waals surface area contributed by atoms with E-state index in [2.05, 4.69) is 5.32 Å². The number of carbonyl (C=O) groups is 1. The maximum absolute atomic E-state index is 11.2. The van der Waals surface area contributed by atoms with Gasteiger partial charge >= 0.3 is 0 Å². The number of carbonyl (C=O) groups excluding carboxylic acids is 1. The summed E-state index contributed by atoms with van der Waals surface area (Å²) < 4.78 is 1.59. The molecule has 1 aromatic heterocycles. The molecule has 1 N–H and O–H groups in total. The Hall–Kier alpha value is -2.26. The van der Waals surface area contributed by atoms with E-state index in [-0.39, 0.29) is 0 Å². The summed E-state index contributed by atoms with van der Waals surface area (Å²) >= 11 is 5.85. The Morgan fingerprint density at radius 1 is 1.05 bits per heavy atom. The Morgan fingerprint density at radius 3 is 2.53 bits per heavy atom. The number of aromatic nitrogens is 1. The zero-order chi connectivity index (χ0) is 13.2. The molecule has 0 saturated carbocycles. The number of nitrogens with one attached hydrogen (secondary N) is 1. The molecule has 0 unspecified atom stereocenters. The molecule has 0 aliphatic rings. The number of nitrogens with zero attached hydrogens (tertiary/aromatic N) is 1. The van der Waals surface area contributed by atoms with Gasteiger partial charge < -0.3 is 5.32 Å². The molecule has 94 valence electrons. The molecule has 0 atom stereocenters. The van der Waals surface area contributed by atoms with Gasteiger partial charge in [0.05, 0.1) is 5.52 Å². The minimum Gasteiger partial charge on any atom is -0.341 e. The maximum atomic E-state index is 11.2. The normalized spacial score (nSPS) is 10.6. The van der Waals surface area contributed by atoms with Gasteiger partial charge in [-0.2, -0.15) is 0 Å². The van der Waals surface area contributed by atoms with Crippen LogP contribution >= 0.6 is 11.6 Å². The van der Waals surface area contributed by atoms with E-state index >= 15 is 0 Å². The third-order valence-corrected chi connectivity index (χ3v) is 3.22. The zero-order valence-corrected chi connectivity index (χ0v) is 10.8. The van der Waals surface area contributed by atoms with Crippen LogP contribution in [0.1, 0.15) is 0 Å². The summed E-state index contributed by atoms with van der Waals surface area (Å²) in [4.78, 5) is 11.2. The summed E-state index contributed by atoms with van der Waals surface area (Å²) in [5.74, 6) is 0.735. The Bertz CT molecular complexity index is 731. The smallest absolute Gasteiger partial charge is 0.219 e. The first-order valence-electron chi connectivity index (χ1n) is 5.86. The van der Waals surface area contributed by atoms with Crippen LogP contribution in [0.4, 0.5) is 11.5 Å². The highest BCUT2D eigenvalue weighted by Gasteiger charge is 2.07. The van der Waals surface area contributed by atoms with Crippen LogP contribution in [-0.2, 0) is 4.79 Å². The third kappa shape index (κ3) is 2.20. The average Bonchev–Trinajstić information content (AvgIpc) is 2.78. The molecule has 0 bridgehead atoms. The molecule has 3 aromatic rings. The number of hydrogen-bond donors (Lipinski definition) is 1.